The van der Waals surface area contributed by atoms with Crippen molar-refractivity contribution in [1.82, 2.24) is 4.98 Å². The Morgan fingerprint density at radius 1 is 1.25 bits per heavy atom. The third-order valence-electron chi connectivity index (χ3n) is 1.92. The summed E-state index contributed by atoms with van der Waals surface area (Å²) in [5, 5.41) is 9.03. The molecule has 0 fully saturated rings. The molecule has 0 atom stereocenters. The van der Waals surface area contributed by atoms with Crippen molar-refractivity contribution in [3.8, 4) is 0 Å². The van der Waals surface area contributed by atoms with Gasteiger partial charge in [-0.15, -0.1) is 11.3 Å². The number of hydrogen-bond donors (Lipinski definition) is 0. The summed E-state index contributed by atoms with van der Waals surface area (Å²) in [5.41, 5.74) is 1.12. The van der Waals surface area contributed by atoms with Crippen LogP contribution in [0, 0.1) is 0 Å². The van der Waals surface area contributed by atoms with Gasteiger partial charge in [0.15, 0.2) is 0 Å². The van der Waals surface area contributed by atoms with Crippen molar-refractivity contribution in [3.63, 3.8) is 0 Å². The van der Waals surface area contributed by atoms with E-state index in [4.69, 9.17) is 0 Å². The fourth-order valence-electron chi connectivity index (χ4n) is 1.34. The second-order valence-corrected chi connectivity index (χ2v) is 4.29. The SMILES string of the molecule is c1cc2ncc3cscc3c2s1. The summed E-state index contributed by atoms with van der Waals surface area (Å²) in [5.74, 6) is 0. The number of rotatable bonds is 0. The first-order valence-electron chi connectivity index (χ1n) is 3.63. The van der Waals surface area contributed by atoms with Gasteiger partial charge in [-0.2, -0.15) is 11.3 Å². The lowest BCUT2D eigenvalue weighted by atomic mass is 10.3. The predicted molar refractivity (Wildman–Crippen MR) is 55.0 cm³/mol. The van der Waals surface area contributed by atoms with Crippen LogP contribution >= 0.6 is 22.7 Å². The Hall–Kier alpha value is -0.930. The van der Waals surface area contributed by atoms with E-state index < -0.39 is 0 Å². The number of aromatic nitrogens is 1. The van der Waals surface area contributed by atoms with Gasteiger partial charge >= 0.3 is 0 Å². The molecule has 1 nitrogen and oxygen atoms in total. The van der Waals surface area contributed by atoms with Gasteiger partial charge in [-0.05, 0) is 11.4 Å². The molecule has 3 aromatic rings. The molecular formula is C9H5NS2. The fraction of sp³-hybridized carbons (Fsp3) is 0. The van der Waals surface area contributed by atoms with Gasteiger partial charge in [0, 0.05) is 27.7 Å². The van der Waals surface area contributed by atoms with E-state index >= 15 is 0 Å². The van der Waals surface area contributed by atoms with E-state index in [9.17, 15) is 0 Å². The number of fused-ring (bicyclic) bond motifs is 3. The van der Waals surface area contributed by atoms with Gasteiger partial charge in [-0.25, -0.2) is 0 Å². The van der Waals surface area contributed by atoms with Crippen LogP contribution in [-0.2, 0) is 0 Å². The summed E-state index contributed by atoms with van der Waals surface area (Å²) in [6.45, 7) is 0. The van der Waals surface area contributed by atoms with E-state index in [2.05, 4.69) is 27.2 Å². The summed E-state index contributed by atoms with van der Waals surface area (Å²) in [4.78, 5) is 4.36. The molecule has 0 saturated carbocycles. The lowest BCUT2D eigenvalue weighted by molar-refractivity contribution is 1.47. The van der Waals surface area contributed by atoms with Crippen molar-refractivity contribution in [2.24, 2.45) is 0 Å². The molecule has 3 heterocycles. The van der Waals surface area contributed by atoms with Crippen LogP contribution in [0.2, 0.25) is 0 Å². The Balaban J connectivity index is 2.71. The van der Waals surface area contributed by atoms with E-state index in [0.717, 1.165) is 5.52 Å². The number of thiophene rings is 2. The number of hydrogen-bond acceptors (Lipinski definition) is 3. The van der Waals surface area contributed by atoms with Crippen molar-refractivity contribution in [2.45, 2.75) is 0 Å². The Morgan fingerprint density at radius 2 is 2.25 bits per heavy atom. The van der Waals surface area contributed by atoms with Crippen LogP contribution in [0.4, 0.5) is 0 Å². The normalized spacial score (nSPS) is 11.3. The minimum absolute atomic E-state index is 1.12. The van der Waals surface area contributed by atoms with Gasteiger partial charge in [-0.1, -0.05) is 0 Å². The van der Waals surface area contributed by atoms with Crippen LogP contribution in [0.5, 0.6) is 0 Å². The second kappa shape index (κ2) is 2.28. The molecule has 0 spiro atoms. The maximum atomic E-state index is 4.36. The van der Waals surface area contributed by atoms with E-state index in [1.54, 1.807) is 22.7 Å². The number of pyridine rings is 1. The van der Waals surface area contributed by atoms with Gasteiger partial charge < -0.3 is 0 Å². The van der Waals surface area contributed by atoms with Crippen molar-refractivity contribution < 1.29 is 0 Å². The van der Waals surface area contributed by atoms with Crippen molar-refractivity contribution in [2.75, 3.05) is 0 Å². The van der Waals surface area contributed by atoms with Gasteiger partial charge in [0.05, 0.1) is 10.2 Å². The van der Waals surface area contributed by atoms with Crippen molar-refractivity contribution in [3.05, 3.63) is 28.4 Å². The van der Waals surface area contributed by atoms with E-state index in [1.165, 1.54) is 15.5 Å². The summed E-state index contributed by atoms with van der Waals surface area (Å²) >= 11 is 3.50. The molecule has 3 aromatic heterocycles. The maximum absolute atomic E-state index is 4.36. The van der Waals surface area contributed by atoms with Crippen LogP contribution in [0.15, 0.2) is 28.4 Å². The lowest BCUT2D eigenvalue weighted by Gasteiger charge is -1.89. The summed E-state index contributed by atoms with van der Waals surface area (Å²) in [6.07, 6.45) is 1.95. The Kier molecular flexibility index (Phi) is 1.25. The van der Waals surface area contributed by atoms with Crippen LogP contribution in [0.3, 0.4) is 0 Å². The molecule has 0 aliphatic rings. The number of nitrogens with zero attached hydrogens (tertiary/aromatic N) is 1. The first-order valence-corrected chi connectivity index (χ1v) is 5.45. The van der Waals surface area contributed by atoms with Gasteiger partial charge in [0.1, 0.15) is 0 Å². The highest BCUT2D eigenvalue weighted by molar-refractivity contribution is 7.18. The molecule has 0 aliphatic heterocycles. The first kappa shape index (κ1) is 6.57. The minimum atomic E-state index is 1.12. The smallest absolute Gasteiger partial charge is 0.0816 e. The summed E-state index contributed by atoms with van der Waals surface area (Å²) in [6, 6.07) is 2.07. The highest BCUT2D eigenvalue weighted by Crippen LogP contribution is 2.29. The highest BCUT2D eigenvalue weighted by Gasteiger charge is 2.02. The third-order valence-corrected chi connectivity index (χ3v) is 3.62. The monoisotopic (exact) mass is 191 g/mol. The lowest BCUT2D eigenvalue weighted by Crippen LogP contribution is -1.70. The van der Waals surface area contributed by atoms with Crippen molar-refractivity contribution in [1.29, 1.82) is 0 Å². The van der Waals surface area contributed by atoms with Crippen molar-refractivity contribution >= 4 is 43.7 Å². The van der Waals surface area contributed by atoms with Gasteiger partial charge in [0.25, 0.3) is 0 Å². The average molecular weight is 191 g/mol. The zero-order valence-electron chi connectivity index (χ0n) is 6.15. The molecule has 3 rings (SSSR count). The summed E-state index contributed by atoms with van der Waals surface area (Å²) < 4.78 is 1.31. The molecule has 0 aliphatic carbocycles. The molecule has 3 heteroatoms. The molecule has 0 saturated heterocycles. The molecule has 0 bridgehead atoms. The van der Waals surface area contributed by atoms with E-state index in [1.807, 2.05) is 6.20 Å². The topological polar surface area (TPSA) is 12.9 Å². The van der Waals surface area contributed by atoms with Gasteiger partial charge in [0.2, 0.25) is 0 Å². The van der Waals surface area contributed by atoms with Crippen LogP contribution in [0.25, 0.3) is 21.0 Å². The zero-order valence-corrected chi connectivity index (χ0v) is 7.78. The molecule has 58 valence electrons. The molecule has 0 aromatic carbocycles. The largest absolute Gasteiger partial charge is 0.255 e. The zero-order chi connectivity index (χ0) is 7.97. The van der Waals surface area contributed by atoms with Crippen LogP contribution < -0.4 is 0 Å². The molecule has 0 N–H and O–H groups in total. The fourth-order valence-corrected chi connectivity index (χ4v) is 3.08. The Labute approximate surface area is 77.3 Å². The van der Waals surface area contributed by atoms with Crippen LogP contribution in [0.1, 0.15) is 0 Å². The quantitative estimate of drug-likeness (QED) is 0.530. The molecule has 0 unspecified atom stereocenters. The standard InChI is InChI=1S/C9H5NS2/c1-2-12-9-7-5-11-4-6(7)3-10-8(1)9/h1-5H. The third kappa shape index (κ3) is 0.750. The van der Waals surface area contributed by atoms with E-state index in [-0.39, 0.29) is 0 Å². The highest BCUT2D eigenvalue weighted by atomic mass is 32.1. The molecule has 0 radical (unpaired) electrons. The predicted octanol–water partition coefficient (Wildman–Crippen LogP) is 3.51. The van der Waals surface area contributed by atoms with Gasteiger partial charge in [-0.3, -0.25) is 4.98 Å². The molecule has 0 amide bonds. The average Bonchev–Trinajstić information content (AvgIpc) is 2.71. The first-order chi connectivity index (χ1) is 5.95. The maximum Gasteiger partial charge on any atom is 0.0816 e. The molecule has 12 heavy (non-hydrogen) atoms. The summed E-state index contributed by atoms with van der Waals surface area (Å²) in [7, 11) is 0. The Bertz CT molecular complexity index is 486. The van der Waals surface area contributed by atoms with Crippen LogP contribution in [-0.4, -0.2) is 4.98 Å². The molecular weight excluding hydrogens is 186 g/mol. The minimum Gasteiger partial charge on any atom is -0.255 e. The Morgan fingerprint density at radius 3 is 3.25 bits per heavy atom. The second-order valence-electron chi connectivity index (χ2n) is 2.63. The van der Waals surface area contributed by atoms with E-state index in [0.29, 0.717) is 0 Å².